The van der Waals surface area contributed by atoms with Crippen LogP contribution >= 0.6 is 0 Å². The molecule has 0 spiro atoms. The van der Waals surface area contributed by atoms with Crippen molar-refractivity contribution in [2.45, 2.75) is 52.9 Å². The van der Waals surface area contributed by atoms with Gasteiger partial charge in [-0.25, -0.2) is 8.42 Å². The van der Waals surface area contributed by atoms with Crippen LogP contribution in [0.25, 0.3) is 0 Å². The first-order valence-electron chi connectivity index (χ1n) is 7.45. The first kappa shape index (κ1) is 15.0. The molecule has 4 heteroatoms. The number of Topliss-reactive ketones (excluding diaryl/α,β-unsaturated/α-hetero) is 1. The van der Waals surface area contributed by atoms with Gasteiger partial charge in [0.05, 0.1) is 5.75 Å². The zero-order chi connectivity index (χ0) is 14.3. The summed E-state index contributed by atoms with van der Waals surface area (Å²) in [6.07, 6.45) is 4.71. The Hall–Kier alpha value is -0.380. The molecule has 0 radical (unpaired) electrons. The minimum Gasteiger partial charge on any atom is -0.300 e. The molecule has 0 aromatic rings. The van der Waals surface area contributed by atoms with Crippen molar-refractivity contribution in [2.24, 2.45) is 23.2 Å². The molecule has 19 heavy (non-hydrogen) atoms. The molecule has 3 atom stereocenters. The van der Waals surface area contributed by atoms with Crippen molar-refractivity contribution in [1.29, 1.82) is 0 Å². The lowest BCUT2D eigenvalue weighted by atomic mass is 9.79. The van der Waals surface area contributed by atoms with E-state index in [9.17, 15) is 13.2 Å². The second-order valence-corrected chi connectivity index (χ2v) is 9.54. The summed E-state index contributed by atoms with van der Waals surface area (Å²) in [5.74, 6) is 2.53. The Morgan fingerprint density at radius 2 is 1.89 bits per heavy atom. The van der Waals surface area contributed by atoms with Crippen LogP contribution in [0.5, 0.6) is 0 Å². The van der Waals surface area contributed by atoms with E-state index < -0.39 is 9.84 Å². The number of hydrogen-bond donors (Lipinski definition) is 0. The van der Waals surface area contributed by atoms with E-state index in [4.69, 9.17) is 0 Å². The van der Waals surface area contributed by atoms with Crippen molar-refractivity contribution in [1.82, 2.24) is 0 Å². The molecule has 2 aliphatic rings. The maximum Gasteiger partial charge on any atom is 0.150 e. The van der Waals surface area contributed by atoms with Crippen LogP contribution < -0.4 is 0 Å². The van der Waals surface area contributed by atoms with Crippen molar-refractivity contribution in [3.8, 4) is 0 Å². The molecular formula is C15H26O3S. The van der Waals surface area contributed by atoms with E-state index in [1.54, 1.807) is 6.92 Å². The third-order valence-electron chi connectivity index (χ3n) is 5.09. The Bertz CT molecular complexity index is 450. The third kappa shape index (κ3) is 3.80. The second-order valence-electron chi connectivity index (χ2n) is 7.14. The quantitative estimate of drug-likeness (QED) is 0.754. The normalized spacial score (nSPS) is 33.6. The molecule has 0 unspecified atom stereocenters. The number of sulfone groups is 1. The fraction of sp³-hybridized carbons (Fsp3) is 0.933. The summed E-state index contributed by atoms with van der Waals surface area (Å²) >= 11 is 0. The van der Waals surface area contributed by atoms with Crippen LogP contribution in [0.2, 0.25) is 0 Å². The molecule has 2 rings (SSSR count). The van der Waals surface area contributed by atoms with Crippen LogP contribution in [0.1, 0.15) is 52.9 Å². The SMILES string of the molecule is CCS(=O)(=O)C[C@@H]1C[C@@H]1CC[C@H]1CC(=O)CC1(C)C. The van der Waals surface area contributed by atoms with E-state index in [1.165, 1.54) is 0 Å². The highest BCUT2D eigenvalue weighted by Gasteiger charge is 2.43. The van der Waals surface area contributed by atoms with E-state index in [-0.39, 0.29) is 11.2 Å². The van der Waals surface area contributed by atoms with Gasteiger partial charge in [-0.1, -0.05) is 20.8 Å². The average Bonchev–Trinajstić information content (AvgIpc) is 2.94. The van der Waals surface area contributed by atoms with Crippen LogP contribution in [-0.2, 0) is 14.6 Å². The molecule has 0 aromatic carbocycles. The first-order chi connectivity index (χ1) is 8.73. The van der Waals surface area contributed by atoms with Gasteiger partial charge in [-0.05, 0) is 42.4 Å². The van der Waals surface area contributed by atoms with Gasteiger partial charge in [0.15, 0.2) is 0 Å². The molecule has 0 heterocycles. The Kier molecular flexibility index (Phi) is 4.10. The number of hydrogen-bond acceptors (Lipinski definition) is 3. The predicted molar refractivity (Wildman–Crippen MR) is 76.7 cm³/mol. The molecule has 110 valence electrons. The molecule has 0 aromatic heterocycles. The summed E-state index contributed by atoms with van der Waals surface area (Å²) in [6.45, 7) is 6.10. The van der Waals surface area contributed by atoms with Gasteiger partial charge < -0.3 is 0 Å². The van der Waals surface area contributed by atoms with Crippen LogP contribution in [0.15, 0.2) is 0 Å². The minimum atomic E-state index is -2.81. The fourth-order valence-electron chi connectivity index (χ4n) is 3.50. The Balaban J connectivity index is 1.75. The Labute approximate surface area is 117 Å². The van der Waals surface area contributed by atoms with Gasteiger partial charge in [0, 0.05) is 18.6 Å². The van der Waals surface area contributed by atoms with Gasteiger partial charge >= 0.3 is 0 Å². The van der Waals surface area contributed by atoms with E-state index in [1.807, 2.05) is 0 Å². The van der Waals surface area contributed by atoms with Gasteiger partial charge in [-0.3, -0.25) is 4.79 Å². The minimum absolute atomic E-state index is 0.150. The largest absolute Gasteiger partial charge is 0.300 e. The average molecular weight is 286 g/mol. The summed E-state index contributed by atoms with van der Waals surface area (Å²) in [5.41, 5.74) is 0.150. The summed E-state index contributed by atoms with van der Waals surface area (Å²) in [7, 11) is -2.81. The van der Waals surface area contributed by atoms with Gasteiger partial charge in [-0.2, -0.15) is 0 Å². The molecule has 0 amide bonds. The van der Waals surface area contributed by atoms with Crippen molar-refractivity contribution >= 4 is 15.6 Å². The van der Waals surface area contributed by atoms with E-state index in [0.29, 0.717) is 29.3 Å². The molecule has 0 N–H and O–H groups in total. The van der Waals surface area contributed by atoms with Gasteiger partial charge in [0.1, 0.15) is 15.6 Å². The smallest absolute Gasteiger partial charge is 0.150 e. The maximum absolute atomic E-state index is 11.6. The van der Waals surface area contributed by atoms with Crippen molar-refractivity contribution in [3.05, 3.63) is 0 Å². The summed E-state index contributed by atoms with van der Waals surface area (Å²) in [6, 6.07) is 0. The van der Waals surface area contributed by atoms with Crippen LogP contribution in [-0.4, -0.2) is 25.7 Å². The molecule has 0 saturated heterocycles. The molecule has 3 nitrogen and oxygen atoms in total. The molecule has 2 saturated carbocycles. The number of rotatable bonds is 6. The number of ketones is 1. The molecule has 0 aliphatic heterocycles. The van der Waals surface area contributed by atoms with Crippen LogP contribution in [0.4, 0.5) is 0 Å². The van der Waals surface area contributed by atoms with Gasteiger partial charge in [0.25, 0.3) is 0 Å². The highest BCUT2D eigenvalue weighted by Crippen LogP contribution is 2.48. The lowest BCUT2D eigenvalue weighted by Crippen LogP contribution is -2.17. The fourth-order valence-corrected chi connectivity index (χ4v) is 4.79. The Morgan fingerprint density at radius 3 is 2.42 bits per heavy atom. The Morgan fingerprint density at radius 1 is 1.21 bits per heavy atom. The predicted octanol–water partition coefficient (Wildman–Crippen LogP) is 2.84. The van der Waals surface area contributed by atoms with Gasteiger partial charge in [-0.15, -0.1) is 0 Å². The summed E-state index contributed by atoms with van der Waals surface area (Å²) in [4.78, 5) is 11.5. The van der Waals surface area contributed by atoms with Gasteiger partial charge in [0.2, 0.25) is 0 Å². The zero-order valence-electron chi connectivity index (χ0n) is 12.3. The van der Waals surface area contributed by atoms with Crippen molar-refractivity contribution in [3.63, 3.8) is 0 Å². The third-order valence-corrected chi connectivity index (χ3v) is 6.91. The highest BCUT2D eigenvalue weighted by atomic mass is 32.2. The number of carbonyl (C=O) groups is 1. The molecular weight excluding hydrogens is 260 g/mol. The first-order valence-corrected chi connectivity index (χ1v) is 9.28. The van der Waals surface area contributed by atoms with Crippen molar-refractivity contribution < 1.29 is 13.2 Å². The van der Waals surface area contributed by atoms with Crippen molar-refractivity contribution in [2.75, 3.05) is 11.5 Å². The zero-order valence-corrected chi connectivity index (χ0v) is 13.1. The highest BCUT2D eigenvalue weighted by molar-refractivity contribution is 7.91. The molecule has 0 bridgehead atoms. The molecule has 2 aliphatic carbocycles. The van der Waals surface area contributed by atoms with E-state index in [2.05, 4.69) is 13.8 Å². The lowest BCUT2D eigenvalue weighted by Gasteiger charge is -2.25. The summed E-state index contributed by atoms with van der Waals surface area (Å²) in [5, 5.41) is 0. The maximum atomic E-state index is 11.6. The monoisotopic (exact) mass is 286 g/mol. The number of carbonyl (C=O) groups excluding carboxylic acids is 1. The topological polar surface area (TPSA) is 51.2 Å². The van der Waals surface area contributed by atoms with Crippen LogP contribution in [0.3, 0.4) is 0 Å². The van der Waals surface area contributed by atoms with E-state index >= 15 is 0 Å². The lowest BCUT2D eigenvalue weighted by molar-refractivity contribution is -0.118. The van der Waals surface area contributed by atoms with Crippen LogP contribution in [0, 0.1) is 23.2 Å². The molecule has 2 fully saturated rings. The second kappa shape index (κ2) is 5.19. The van der Waals surface area contributed by atoms with E-state index in [0.717, 1.165) is 32.1 Å². The summed E-state index contributed by atoms with van der Waals surface area (Å²) < 4.78 is 23.1. The standard InChI is InChI=1S/C15H26O3S/c1-4-19(17,18)10-12-7-11(12)5-6-13-8-14(16)9-15(13,2)3/h11-13H,4-10H2,1-3H3/t11-,12-,13-/m0/s1.